The number of nitrogens with one attached hydrogen (secondary N) is 1. The van der Waals surface area contributed by atoms with E-state index in [2.05, 4.69) is 66.8 Å². The van der Waals surface area contributed by atoms with Crippen LogP contribution in [0.2, 0.25) is 0 Å². The molecule has 1 aliphatic rings. The van der Waals surface area contributed by atoms with Crippen molar-refractivity contribution in [2.45, 2.75) is 38.5 Å². The summed E-state index contributed by atoms with van der Waals surface area (Å²) in [4.78, 5) is 15.1. The minimum atomic E-state index is 0.00600. The molecule has 0 aromatic heterocycles. The molecule has 30 heavy (non-hydrogen) atoms. The van der Waals surface area contributed by atoms with Gasteiger partial charge in [-0.25, -0.2) is 0 Å². The first kappa shape index (κ1) is 20.1. The van der Waals surface area contributed by atoms with Crippen molar-refractivity contribution in [2.75, 3.05) is 0 Å². The standard InChI is InChI=1S/C27H28N2O/c1-2-24(28-19-21-12-6-3-7-13-21)18-25-26(23-16-10-5-11-17-23)29(27(25)30)20-22-14-8-4-9-15-22/h3-18,24,26,28H,2,19-20H2,1H3/b25-18-/t24-,26+/m0/s1. The van der Waals surface area contributed by atoms with Gasteiger partial charge in [-0.2, -0.15) is 0 Å². The van der Waals surface area contributed by atoms with Crippen LogP contribution in [0.5, 0.6) is 0 Å². The number of rotatable bonds is 8. The van der Waals surface area contributed by atoms with E-state index in [1.165, 1.54) is 5.56 Å². The van der Waals surface area contributed by atoms with Crippen LogP contribution < -0.4 is 5.32 Å². The number of hydrogen-bond donors (Lipinski definition) is 1. The fourth-order valence-electron chi connectivity index (χ4n) is 3.98. The van der Waals surface area contributed by atoms with Crippen molar-refractivity contribution in [3.05, 3.63) is 119 Å². The van der Waals surface area contributed by atoms with Gasteiger partial charge in [0, 0.05) is 24.7 Å². The molecule has 1 heterocycles. The third-order valence-corrected chi connectivity index (χ3v) is 5.66. The number of carbonyl (C=O) groups is 1. The number of benzene rings is 3. The SMILES string of the molecule is CC[C@@H](/C=C1\C(=O)N(Cc2ccccc2)[C@@H]1c1ccccc1)NCc1ccccc1. The van der Waals surface area contributed by atoms with Crippen molar-refractivity contribution in [2.24, 2.45) is 0 Å². The molecular weight excluding hydrogens is 368 g/mol. The van der Waals surface area contributed by atoms with Crippen LogP contribution in [0.15, 0.2) is 103 Å². The fourth-order valence-corrected chi connectivity index (χ4v) is 3.98. The number of likely N-dealkylation sites (tertiary alicyclic amines) is 1. The zero-order chi connectivity index (χ0) is 20.8. The lowest BCUT2D eigenvalue weighted by atomic mass is 9.86. The van der Waals surface area contributed by atoms with Crippen molar-refractivity contribution in [1.29, 1.82) is 0 Å². The van der Waals surface area contributed by atoms with Crippen molar-refractivity contribution in [3.8, 4) is 0 Å². The molecule has 2 atom stereocenters. The van der Waals surface area contributed by atoms with E-state index < -0.39 is 0 Å². The molecular formula is C27H28N2O. The van der Waals surface area contributed by atoms with E-state index in [-0.39, 0.29) is 18.0 Å². The first-order valence-electron chi connectivity index (χ1n) is 10.6. The van der Waals surface area contributed by atoms with Gasteiger partial charge >= 0.3 is 0 Å². The first-order chi connectivity index (χ1) is 14.8. The van der Waals surface area contributed by atoms with Crippen LogP contribution in [-0.2, 0) is 17.9 Å². The molecule has 1 saturated heterocycles. The lowest BCUT2D eigenvalue weighted by Gasteiger charge is -2.44. The van der Waals surface area contributed by atoms with Gasteiger partial charge in [0.15, 0.2) is 0 Å². The summed E-state index contributed by atoms with van der Waals surface area (Å²) in [6.07, 6.45) is 3.08. The molecule has 4 rings (SSSR count). The molecule has 0 bridgehead atoms. The molecule has 0 saturated carbocycles. The minimum absolute atomic E-state index is 0.00600. The zero-order valence-corrected chi connectivity index (χ0v) is 17.4. The smallest absolute Gasteiger partial charge is 0.253 e. The molecule has 152 valence electrons. The van der Waals surface area contributed by atoms with Gasteiger partial charge in [0.2, 0.25) is 0 Å². The van der Waals surface area contributed by atoms with Crippen LogP contribution in [0.1, 0.15) is 36.1 Å². The van der Waals surface area contributed by atoms with E-state index in [1.807, 2.05) is 47.4 Å². The number of amides is 1. The minimum Gasteiger partial charge on any atom is -0.323 e. The Labute approximate surface area is 179 Å². The largest absolute Gasteiger partial charge is 0.323 e. The number of nitrogens with zero attached hydrogens (tertiary/aromatic N) is 1. The van der Waals surface area contributed by atoms with Crippen LogP contribution in [-0.4, -0.2) is 16.8 Å². The number of β-lactam (4-membered cyclic amide) rings is 1. The Balaban J connectivity index is 1.54. The summed E-state index contributed by atoms with van der Waals surface area (Å²) in [6.45, 7) is 3.58. The summed E-state index contributed by atoms with van der Waals surface area (Å²) in [5.74, 6) is 0.132. The second kappa shape index (κ2) is 9.55. The maximum Gasteiger partial charge on any atom is 0.253 e. The maximum atomic E-state index is 13.1. The van der Waals surface area contributed by atoms with Crippen LogP contribution >= 0.6 is 0 Å². The summed E-state index contributed by atoms with van der Waals surface area (Å²) >= 11 is 0. The Morgan fingerprint density at radius 2 is 1.43 bits per heavy atom. The Kier molecular flexibility index (Phi) is 6.41. The summed E-state index contributed by atoms with van der Waals surface area (Å²) in [5, 5.41) is 3.59. The maximum absolute atomic E-state index is 13.1. The zero-order valence-electron chi connectivity index (χ0n) is 17.4. The second-order valence-corrected chi connectivity index (χ2v) is 7.74. The van der Waals surface area contributed by atoms with Crippen LogP contribution in [0.3, 0.4) is 0 Å². The van der Waals surface area contributed by atoms with E-state index in [1.54, 1.807) is 0 Å². The lowest BCUT2D eigenvalue weighted by molar-refractivity contribution is -0.138. The Hall–Kier alpha value is -3.17. The summed E-state index contributed by atoms with van der Waals surface area (Å²) in [5.41, 5.74) is 4.46. The van der Waals surface area contributed by atoms with Gasteiger partial charge in [0.1, 0.15) is 0 Å². The molecule has 3 aromatic carbocycles. The Bertz CT molecular complexity index is 983. The predicted molar refractivity (Wildman–Crippen MR) is 122 cm³/mol. The Morgan fingerprint density at radius 1 is 0.867 bits per heavy atom. The van der Waals surface area contributed by atoms with E-state index in [4.69, 9.17) is 0 Å². The molecule has 3 heteroatoms. The summed E-state index contributed by atoms with van der Waals surface area (Å²) in [6, 6.07) is 31.1. The quantitative estimate of drug-likeness (QED) is 0.416. The highest BCUT2D eigenvalue weighted by Crippen LogP contribution is 2.41. The van der Waals surface area contributed by atoms with Crippen LogP contribution in [0, 0.1) is 0 Å². The third-order valence-electron chi connectivity index (χ3n) is 5.66. The lowest BCUT2D eigenvalue weighted by Crippen LogP contribution is -2.49. The first-order valence-corrected chi connectivity index (χ1v) is 10.6. The van der Waals surface area contributed by atoms with Gasteiger partial charge in [0.05, 0.1) is 6.04 Å². The molecule has 0 radical (unpaired) electrons. The molecule has 0 unspecified atom stereocenters. The van der Waals surface area contributed by atoms with Gasteiger partial charge < -0.3 is 10.2 Å². The van der Waals surface area contributed by atoms with Crippen LogP contribution in [0.4, 0.5) is 0 Å². The monoisotopic (exact) mass is 396 g/mol. The highest BCUT2D eigenvalue weighted by molar-refractivity contribution is 6.02. The molecule has 3 aromatic rings. The highest BCUT2D eigenvalue weighted by atomic mass is 16.2. The normalized spacial score (nSPS) is 18.3. The van der Waals surface area contributed by atoms with E-state index >= 15 is 0 Å². The molecule has 1 aliphatic heterocycles. The van der Waals surface area contributed by atoms with Gasteiger partial charge in [-0.05, 0) is 23.1 Å². The van der Waals surface area contributed by atoms with Gasteiger partial charge in [-0.1, -0.05) is 104 Å². The second-order valence-electron chi connectivity index (χ2n) is 7.74. The summed E-state index contributed by atoms with van der Waals surface area (Å²) < 4.78 is 0. The van der Waals surface area contributed by atoms with E-state index in [9.17, 15) is 4.79 Å². The molecule has 1 amide bonds. The predicted octanol–water partition coefficient (Wildman–Crippen LogP) is 5.26. The van der Waals surface area contributed by atoms with Gasteiger partial charge in [0.25, 0.3) is 5.91 Å². The third kappa shape index (κ3) is 4.52. The van der Waals surface area contributed by atoms with E-state index in [0.29, 0.717) is 6.54 Å². The Morgan fingerprint density at radius 3 is 2.03 bits per heavy atom. The summed E-state index contributed by atoms with van der Waals surface area (Å²) in [7, 11) is 0. The average Bonchev–Trinajstić information content (AvgIpc) is 2.81. The van der Waals surface area contributed by atoms with Crippen molar-refractivity contribution in [1.82, 2.24) is 10.2 Å². The van der Waals surface area contributed by atoms with Crippen molar-refractivity contribution in [3.63, 3.8) is 0 Å². The molecule has 1 N–H and O–H groups in total. The molecule has 1 fully saturated rings. The number of hydrogen-bond acceptors (Lipinski definition) is 2. The fraction of sp³-hybridized carbons (Fsp3) is 0.222. The van der Waals surface area contributed by atoms with Gasteiger partial charge in [-0.3, -0.25) is 4.79 Å². The van der Waals surface area contributed by atoms with Gasteiger partial charge in [-0.15, -0.1) is 0 Å². The molecule has 0 aliphatic carbocycles. The number of carbonyl (C=O) groups excluding carboxylic acids is 1. The van der Waals surface area contributed by atoms with Crippen molar-refractivity contribution >= 4 is 5.91 Å². The van der Waals surface area contributed by atoms with Crippen molar-refractivity contribution < 1.29 is 4.79 Å². The van der Waals surface area contributed by atoms with Crippen LogP contribution in [0.25, 0.3) is 0 Å². The van der Waals surface area contributed by atoms with E-state index in [0.717, 1.165) is 29.7 Å². The average molecular weight is 397 g/mol. The highest BCUT2D eigenvalue weighted by Gasteiger charge is 2.42. The molecule has 0 spiro atoms. The molecule has 3 nitrogen and oxygen atoms in total. The topological polar surface area (TPSA) is 32.3 Å².